The summed E-state index contributed by atoms with van der Waals surface area (Å²) in [4.78, 5) is 37.7. The van der Waals surface area contributed by atoms with Crippen molar-refractivity contribution < 1.29 is 24.0 Å². The number of unbranched alkanes of at least 4 members (excludes halogenated alkanes) is 1. The normalized spacial score (nSPS) is 11.4. The van der Waals surface area contributed by atoms with E-state index in [-0.39, 0.29) is 29.6 Å². The molecule has 2 amide bonds. The number of halogens is 2. The lowest BCUT2D eigenvalue weighted by Crippen LogP contribution is -2.49. The molecule has 0 radical (unpaired) electrons. The first-order valence-electron chi connectivity index (χ1n) is 10.6. The summed E-state index contributed by atoms with van der Waals surface area (Å²) in [5, 5.41) is 14.6. The highest BCUT2D eigenvalue weighted by Crippen LogP contribution is 2.31. The maximum atomic E-state index is 13.1. The van der Waals surface area contributed by atoms with Gasteiger partial charge in [-0.05, 0) is 31.5 Å². The summed E-state index contributed by atoms with van der Waals surface area (Å²) in [5.41, 5.74) is 0.276. The van der Waals surface area contributed by atoms with Gasteiger partial charge in [0.1, 0.15) is 11.8 Å². The number of hydrogen-bond donors (Lipinski definition) is 1. The summed E-state index contributed by atoms with van der Waals surface area (Å²) in [7, 11) is 1.30. The number of hydrogen-bond acceptors (Lipinski definition) is 6. The van der Waals surface area contributed by atoms with Crippen molar-refractivity contribution in [1.29, 1.82) is 0 Å². The molecule has 2 rings (SSSR count). The summed E-state index contributed by atoms with van der Waals surface area (Å²) in [6, 6.07) is 8.07. The van der Waals surface area contributed by atoms with E-state index in [9.17, 15) is 19.7 Å². The number of rotatable bonds is 12. The van der Waals surface area contributed by atoms with Crippen molar-refractivity contribution in [2.24, 2.45) is 0 Å². The lowest BCUT2D eigenvalue weighted by Gasteiger charge is -2.29. The predicted octanol–water partition coefficient (Wildman–Crippen LogP) is 4.62. The largest absolute Gasteiger partial charge is 0.490 e. The first kappa shape index (κ1) is 27.2. The Labute approximate surface area is 208 Å². The fraction of sp³-hybridized carbons (Fsp3) is 0.391. The molecule has 9 nitrogen and oxygen atoms in total. The van der Waals surface area contributed by atoms with Gasteiger partial charge in [-0.1, -0.05) is 42.6 Å². The standard InChI is InChI=1S/C23H27Cl2N3O6/c1-4-5-11-26-23(30)15(2)27(13-17-18(24)7-6-8-19(17)25)22(29)14-34-16-9-10-20(28(31)32)21(12-16)33-3/h6-10,12,15H,4-5,11,13-14H2,1-3H3,(H,26,30). The SMILES string of the molecule is CCCCNC(=O)C(C)N(Cc1c(Cl)cccc1Cl)C(=O)COc1ccc([N+](=O)[O-])c(OC)c1. The average molecular weight is 512 g/mol. The molecule has 0 saturated heterocycles. The molecule has 0 aromatic heterocycles. The third-order valence-electron chi connectivity index (χ3n) is 5.10. The highest BCUT2D eigenvalue weighted by atomic mass is 35.5. The summed E-state index contributed by atoms with van der Waals surface area (Å²) < 4.78 is 10.6. The molecule has 34 heavy (non-hydrogen) atoms. The zero-order valence-corrected chi connectivity index (χ0v) is 20.7. The van der Waals surface area contributed by atoms with E-state index in [1.54, 1.807) is 25.1 Å². The fourth-order valence-electron chi connectivity index (χ4n) is 3.10. The van der Waals surface area contributed by atoms with Crippen LogP contribution in [0, 0.1) is 10.1 Å². The topological polar surface area (TPSA) is 111 Å². The molecular formula is C23H27Cl2N3O6. The van der Waals surface area contributed by atoms with E-state index in [0.717, 1.165) is 12.8 Å². The van der Waals surface area contributed by atoms with Crippen LogP contribution in [0.25, 0.3) is 0 Å². The molecule has 0 spiro atoms. The average Bonchev–Trinajstić information content (AvgIpc) is 2.81. The Balaban J connectivity index is 2.22. The molecule has 2 aromatic rings. The van der Waals surface area contributed by atoms with Crippen LogP contribution in [0.4, 0.5) is 5.69 Å². The number of benzene rings is 2. The van der Waals surface area contributed by atoms with Gasteiger partial charge in [-0.25, -0.2) is 0 Å². The van der Waals surface area contributed by atoms with Crippen molar-refractivity contribution in [1.82, 2.24) is 10.2 Å². The summed E-state index contributed by atoms with van der Waals surface area (Å²) >= 11 is 12.6. The number of nitro benzene ring substituents is 1. The summed E-state index contributed by atoms with van der Waals surface area (Å²) in [5.74, 6) is -0.613. The second kappa shape index (κ2) is 13.0. The number of carbonyl (C=O) groups excluding carboxylic acids is 2. The Bertz CT molecular complexity index is 1010. The van der Waals surface area contributed by atoms with E-state index >= 15 is 0 Å². The summed E-state index contributed by atoms with van der Waals surface area (Å²) in [6.45, 7) is 3.68. The second-order valence-electron chi connectivity index (χ2n) is 7.42. The first-order chi connectivity index (χ1) is 16.2. The van der Waals surface area contributed by atoms with Crippen LogP contribution < -0.4 is 14.8 Å². The molecule has 0 heterocycles. The molecule has 0 aliphatic rings. The van der Waals surface area contributed by atoms with E-state index in [1.807, 2.05) is 6.92 Å². The number of nitro groups is 1. The Hall–Kier alpha value is -3.04. The van der Waals surface area contributed by atoms with Gasteiger partial charge in [0.25, 0.3) is 5.91 Å². The van der Waals surface area contributed by atoms with Gasteiger partial charge in [0.2, 0.25) is 11.7 Å². The summed E-state index contributed by atoms with van der Waals surface area (Å²) in [6.07, 6.45) is 1.73. The van der Waals surface area contributed by atoms with E-state index in [0.29, 0.717) is 22.2 Å². The van der Waals surface area contributed by atoms with Crippen LogP contribution in [0.2, 0.25) is 10.0 Å². The molecule has 1 atom stereocenters. The number of nitrogens with zero attached hydrogens (tertiary/aromatic N) is 2. The fourth-order valence-corrected chi connectivity index (χ4v) is 3.62. The zero-order chi connectivity index (χ0) is 25.3. The van der Waals surface area contributed by atoms with Crippen LogP contribution in [0.3, 0.4) is 0 Å². The van der Waals surface area contributed by atoms with E-state index in [2.05, 4.69) is 5.32 Å². The minimum atomic E-state index is -0.827. The highest BCUT2D eigenvalue weighted by Gasteiger charge is 2.28. The number of ether oxygens (including phenoxy) is 2. The van der Waals surface area contributed by atoms with E-state index < -0.39 is 23.5 Å². The quantitative estimate of drug-likeness (QED) is 0.252. The predicted molar refractivity (Wildman–Crippen MR) is 130 cm³/mol. The zero-order valence-electron chi connectivity index (χ0n) is 19.2. The number of carbonyl (C=O) groups is 2. The van der Waals surface area contributed by atoms with Gasteiger partial charge in [-0.2, -0.15) is 0 Å². The lowest BCUT2D eigenvalue weighted by atomic mass is 10.1. The van der Waals surface area contributed by atoms with E-state index in [1.165, 1.54) is 30.2 Å². The van der Waals surface area contributed by atoms with Crippen LogP contribution in [0.15, 0.2) is 36.4 Å². The van der Waals surface area contributed by atoms with Crippen LogP contribution in [0.5, 0.6) is 11.5 Å². The van der Waals surface area contributed by atoms with Crippen molar-refractivity contribution in [3.05, 3.63) is 62.1 Å². The van der Waals surface area contributed by atoms with Crippen LogP contribution in [-0.2, 0) is 16.1 Å². The van der Waals surface area contributed by atoms with Crippen molar-refractivity contribution in [2.45, 2.75) is 39.3 Å². The molecule has 0 fully saturated rings. The van der Waals surface area contributed by atoms with Gasteiger partial charge in [0.15, 0.2) is 6.61 Å². The smallest absolute Gasteiger partial charge is 0.311 e. The third kappa shape index (κ3) is 7.23. The molecule has 0 aliphatic heterocycles. The van der Waals surface area contributed by atoms with E-state index in [4.69, 9.17) is 32.7 Å². The third-order valence-corrected chi connectivity index (χ3v) is 5.81. The maximum absolute atomic E-state index is 13.1. The van der Waals surface area contributed by atoms with Crippen molar-refractivity contribution in [3.8, 4) is 11.5 Å². The molecule has 1 unspecified atom stereocenters. The van der Waals surface area contributed by atoms with Crippen molar-refractivity contribution >= 4 is 40.7 Å². The Morgan fingerprint density at radius 1 is 1.21 bits per heavy atom. The van der Waals surface area contributed by atoms with Crippen molar-refractivity contribution in [3.63, 3.8) is 0 Å². The van der Waals surface area contributed by atoms with Gasteiger partial charge < -0.3 is 19.7 Å². The molecule has 1 N–H and O–H groups in total. The molecular weight excluding hydrogens is 485 g/mol. The van der Waals surface area contributed by atoms with Crippen LogP contribution in [-0.4, -0.2) is 47.9 Å². The minimum Gasteiger partial charge on any atom is -0.490 e. The first-order valence-corrected chi connectivity index (χ1v) is 11.4. The molecule has 184 valence electrons. The molecule has 0 saturated carbocycles. The highest BCUT2D eigenvalue weighted by molar-refractivity contribution is 6.36. The van der Waals surface area contributed by atoms with Gasteiger partial charge in [0.05, 0.1) is 12.0 Å². The molecule has 11 heteroatoms. The number of amides is 2. The van der Waals surface area contributed by atoms with Gasteiger partial charge >= 0.3 is 5.69 Å². The lowest BCUT2D eigenvalue weighted by molar-refractivity contribution is -0.385. The Kier molecular flexibility index (Phi) is 10.4. The van der Waals surface area contributed by atoms with Crippen LogP contribution in [0.1, 0.15) is 32.3 Å². The monoisotopic (exact) mass is 511 g/mol. The Morgan fingerprint density at radius 2 is 1.88 bits per heavy atom. The van der Waals surface area contributed by atoms with Gasteiger partial charge in [-0.15, -0.1) is 0 Å². The number of methoxy groups -OCH3 is 1. The minimum absolute atomic E-state index is 0.00155. The van der Waals surface area contributed by atoms with Gasteiger partial charge in [0, 0.05) is 40.8 Å². The van der Waals surface area contributed by atoms with Gasteiger partial charge in [-0.3, -0.25) is 19.7 Å². The number of nitrogens with one attached hydrogen (secondary N) is 1. The van der Waals surface area contributed by atoms with Crippen LogP contribution >= 0.6 is 23.2 Å². The van der Waals surface area contributed by atoms with Crippen molar-refractivity contribution in [2.75, 3.05) is 20.3 Å². The Morgan fingerprint density at radius 3 is 2.47 bits per heavy atom. The maximum Gasteiger partial charge on any atom is 0.311 e. The second-order valence-corrected chi connectivity index (χ2v) is 8.24. The molecule has 2 aromatic carbocycles. The molecule has 0 aliphatic carbocycles. The molecule has 0 bridgehead atoms.